The fraction of sp³-hybridized carbons (Fsp3) is 0.500. The van der Waals surface area contributed by atoms with Crippen molar-refractivity contribution in [3.63, 3.8) is 0 Å². The first kappa shape index (κ1) is 42.6. The van der Waals surface area contributed by atoms with Crippen LogP contribution in [0.4, 0.5) is 33.3 Å². The minimum Gasteiger partial charge on any atom is -0.386 e. The molecule has 63 heavy (non-hydrogen) atoms. The number of hydrogen-bond donors (Lipinski definition) is 3. The molecule has 334 valence electrons. The van der Waals surface area contributed by atoms with E-state index in [-0.39, 0.29) is 61.6 Å². The van der Waals surface area contributed by atoms with Crippen molar-refractivity contribution in [3.8, 4) is 0 Å². The van der Waals surface area contributed by atoms with Crippen LogP contribution in [-0.4, -0.2) is 90.3 Å². The molecule has 3 amide bonds. The van der Waals surface area contributed by atoms with Gasteiger partial charge in [0.15, 0.2) is 0 Å². The van der Waals surface area contributed by atoms with Crippen molar-refractivity contribution in [1.82, 2.24) is 34.1 Å². The van der Waals surface area contributed by atoms with Crippen molar-refractivity contribution in [1.29, 1.82) is 0 Å². The summed E-state index contributed by atoms with van der Waals surface area (Å²) < 4.78 is 77.0. The fourth-order valence-corrected chi connectivity index (χ4v) is 10.1. The quantitative estimate of drug-likeness (QED) is 0.123. The van der Waals surface area contributed by atoms with Crippen LogP contribution >= 0.6 is 0 Å². The maximum Gasteiger partial charge on any atom is 0.417 e. The second kappa shape index (κ2) is 15.2. The van der Waals surface area contributed by atoms with Crippen LogP contribution in [-0.2, 0) is 28.4 Å². The lowest BCUT2D eigenvalue weighted by atomic mass is 9.68. The number of rotatable bonds is 8. The van der Waals surface area contributed by atoms with E-state index in [1.54, 1.807) is 31.3 Å². The minimum absolute atomic E-state index is 0.0327. The number of nitrogens with one attached hydrogen (secondary N) is 2. The number of aryl methyl sites for hydroxylation is 1. The predicted molar refractivity (Wildman–Crippen MR) is 222 cm³/mol. The van der Waals surface area contributed by atoms with Crippen LogP contribution in [0.25, 0.3) is 21.9 Å². The molecule has 1 saturated carbocycles. The van der Waals surface area contributed by atoms with E-state index in [0.717, 1.165) is 37.9 Å². The number of benzene rings is 2. The molecular weight excluding hydrogens is 830 g/mol. The minimum atomic E-state index is -4.68. The van der Waals surface area contributed by atoms with Gasteiger partial charge in [-0.2, -0.15) is 18.3 Å². The lowest BCUT2D eigenvalue weighted by Crippen LogP contribution is -2.70. The topological polar surface area (TPSA) is 160 Å². The molecule has 14 nitrogen and oxygen atoms in total. The Labute approximate surface area is 358 Å². The number of pyridine rings is 1. The van der Waals surface area contributed by atoms with Crippen LogP contribution < -0.4 is 21.2 Å². The number of likely N-dealkylation sites (tertiary alicyclic amines) is 1. The Kier molecular flexibility index (Phi) is 10.3. The molecule has 9 rings (SSSR count). The number of carbonyl (C=O) groups excluding carboxylic acids is 3. The number of para-hydroxylation sites is 1. The molecule has 0 radical (unpaired) electrons. The van der Waals surface area contributed by atoms with Crippen LogP contribution in [0.3, 0.4) is 0 Å². The number of piperidine rings is 2. The van der Waals surface area contributed by atoms with E-state index >= 15 is 8.78 Å². The Balaban J connectivity index is 0.826. The van der Waals surface area contributed by atoms with Gasteiger partial charge in [-0.15, -0.1) is 0 Å². The maximum atomic E-state index is 16.2. The molecule has 4 fully saturated rings. The molecule has 3 N–H and O–H groups in total. The molecule has 2 aromatic carbocycles. The number of anilines is 2. The molecule has 6 heterocycles. The first-order valence-electron chi connectivity index (χ1n) is 21.2. The summed E-state index contributed by atoms with van der Waals surface area (Å²) in [6, 6.07) is 8.52. The molecule has 0 bridgehead atoms. The number of aliphatic hydroxyl groups is 1. The smallest absolute Gasteiger partial charge is 0.386 e. The zero-order chi connectivity index (χ0) is 44.8. The molecular formula is C44H48F5N9O5. The average Bonchev–Trinajstić information content (AvgIpc) is 3.73. The van der Waals surface area contributed by atoms with Gasteiger partial charge in [0.05, 0.1) is 57.0 Å². The lowest BCUT2D eigenvalue weighted by molar-refractivity contribution is -0.181. The summed E-state index contributed by atoms with van der Waals surface area (Å²) in [5.41, 5.74) is -1.55. The molecule has 1 aliphatic carbocycles. The average molecular weight is 878 g/mol. The van der Waals surface area contributed by atoms with Crippen molar-refractivity contribution < 1.29 is 41.4 Å². The Bertz CT molecular complexity index is 2700. The summed E-state index contributed by atoms with van der Waals surface area (Å²) >= 11 is 0. The summed E-state index contributed by atoms with van der Waals surface area (Å²) in [5.74, 6) is -4.47. The molecule has 5 aromatic rings. The molecule has 3 saturated heterocycles. The van der Waals surface area contributed by atoms with Gasteiger partial charge in [0.1, 0.15) is 6.04 Å². The third-order valence-corrected chi connectivity index (χ3v) is 13.6. The van der Waals surface area contributed by atoms with Gasteiger partial charge in [0.2, 0.25) is 11.8 Å². The van der Waals surface area contributed by atoms with Gasteiger partial charge in [-0.05, 0) is 95.2 Å². The van der Waals surface area contributed by atoms with E-state index in [4.69, 9.17) is 5.10 Å². The van der Waals surface area contributed by atoms with Crippen LogP contribution in [0.2, 0.25) is 0 Å². The van der Waals surface area contributed by atoms with Crippen LogP contribution in [0, 0.1) is 11.3 Å². The number of hydrogen-bond acceptors (Lipinski definition) is 9. The van der Waals surface area contributed by atoms with Crippen molar-refractivity contribution in [2.24, 2.45) is 18.4 Å². The number of fused-ring (bicyclic) bond motifs is 2. The van der Waals surface area contributed by atoms with Gasteiger partial charge in [-0.3, -0.25) is 43.4 Å². The molecule has 3 aromatic heterocycles. The zero-order valence-electron chi connectivity index (χ0n) is 35.0. The highest BCUT2D eigenvalue weighted by Gasteiger charge is 2.62. The largest absolute Gasteiger partial charge is 0.417 e. The molecule has 1 atom stereocenters. The van der Waals surface area contributed by atoms with Crippen molar-refractivity contribution in [3.05, 3.63) is 82.2 Å². The number of amides is 3. The molecule has 1 unspecified atom stereocenters. The van der Waals surface area contributed by atoms with Crippen LogP contribution in [0.15, 0.2) is 59.8 Å². The third-order valence-electron chi connectivity index (χ3n) is 13.6. The predicted octanol–water partition coefficient (Wildman–Crippen LogP) is 6.14. The molecule has 1 spiro atoms. The highest BCUT2D eigenvalue weighted by Crippen LogP contribution is 2.52. The number of halogens is 5. The number of nitrogens with zero attached hydrogens (tertiary/aromatic N) is 7. The van der Waals surface area contributed by atoms with E-state index < -0.39 is 52.2 Å². The number of carbonyl (C=O) groups is 3. The molecule has 3 aliphatic heterocycles. The van der Waals surface area contributed by atoms with Gasteiger partial charge in [0, 0.05) is 68.3 Å². The van der Waals surface area contributed by atoms with E-state index in [1.807, 2.05) is 26.7 Å². The summed E-state index contributed by atoms with van der Waals surface area (Å²) in [7, 11) is 1.60. The summed E-state index contributed by atoms with van der Waals surface area (Å²) in [6.07, 6.45) is 2.64. The Hall–Kier alpha value is -5.69. The highest BCUT2D eigenvalue weighted by atomic mass is 19.4. The lowest BCUT2D eigenvalue weighted by Gasteiger charge is -2.58. The number of alkyl halides is 5. The van der Waals surface area contributed by atoms with Gasteiger partial charge in [0.25, 0.3) is 11.8 Å². The van der Waals surface area contributed by atoms with Crippen molar-refractivity contribution >= 4 is 51.0 Å². The van der Waals surface area contributed by atoms with E-state index in [0.29, 0.717) is 58.9 Å². The fourth-order valence-electron chi connectivity index (χ4n) is 10.1. The second-order valence-corrected chi connectivity index (χ2v) is 18.4. The van der Waals surface area contributed by atoms with Crippen LogP contribution in [0.1, 0.15) is 92.4 Å². The first-order valence-corrected chi connectivity index (χ1v) is 21.2. The summed E-state index contributed by atoms with van der Waals surface area (Å²) in [6.45, 7) is 4.08. The summed E-state index contributed by atoms with van der Waals surface area (Å²) in [5, 5.41) is 21.4. The Morgan fingerprint density at radius 1 is 1.00 bits per heavy atom. The summed E-state index contributed by atoms with van der Waals surface area (Å²) in [4.78, 5) is 58.4. The van der Waals surface area contributed by atoms with Gasteiger partial charge in [-0.1, -0.05) is 6.07 Å². The first-order chi connectivity index (χ1) is 29.7. The van der Waals surface area contributed by atoms with Gasteiger partial charge >= 0.3 is 11.9 Å². The van der Waals surface area contributed by atoms with E-state index in [9.17, 15) is 37.5 Å². The van der Waals surface area contributed by atoms with Gasteiger partial charge < -0.3 is 15.3 Å². The molecule has 4 aliphatic rings. The number of imidazole rings is 1. The Morgan fingerprint density at radius 2 is 1.75 bits per heavy atom. The Morgan fingerprint density at radius 3 is 2.43 bits per heavy atom. The van der Waals surface area contributed by atoms with Crippen molar-refractivity contribution in [2.45, 2.75) is 88.6 Å². The van der Waals surface area contributed by atoms with E-state index in [2.05, 4.69) is 15.6 Å². The van der Waals surface area contributed by atoms with E-state index in [1.165, 1.54) is 23.0 Å². The molecule has 19 heteroatoms. The number of aromatic nitrogens is 5. The van der Waals surface area contributed by atoms with Crippen LogP contribution in [0.5, 0.6) is 0 Å². The van der Waals surface area contributed by atoms with Gasteiger partial charge in [-0.25, -0.2) is 13.6 Å². The highest BCUT2D eigenvalue weighted by molar-refractivity contribution is 6.06. The maximum absolute atomic E-state index is 16.2. The zero-order valence-corrected chi connectivity index (χ0v) is 35.0. The van der Waals surface area contributed by atoms with Crippen molar-refractivity contribution in [2.75, 3.05) is 42.9 Å². The standard InChI is InChI=1S/C44H48F5N9O5/c1-41(2,63)30-17-31-27(16-32(30)51-38(60)26-15-28(19-50-18-26)44(47,48)49)21-57(53-31)29-9-7-25(8-10-29)20-55-14-13-42(43(45,46)24-55)22-56(23-42)33-5-4-6-34-37(33)54(3)40(62)58(34)35-11-12-36(59)52-39(35)61/h4-6,15-19,21,25,29,35,63H,7-14,20,22-24H2,1-3H3,(H,51,60)(H,52,59,61). The second-order valence-electron chi connectivity index (χ2n) is 18.4. The monoisotopic (exact) mass is 877 g/mol. The SMILES string of the molecule is Cn1c(=O)n(C2CCC(=O)NC2=O)c2cccc(N3CC4(CCN(CC5CCC(n6cc7cc(NC(=O)c8cncc(C(F)(F)F)c8)c(C(C)(C)O)cc7n6)CC5)CC4(F)F)C3)c21. The normalized spacial score (nSPS) is 23.0. The third kappa shape index (κ3) is 7.65. The number of imide groups is 1.